The third-order valence-electron chi connectivity index (χ3n) is 6.80. The Labute approximate surface area is 218 Å². The van der Waals surface area contributed by atoms with Crippen LogP contribution in [-0.2, 0) is 13.0 Å². The van der Waals surface area contributed by atoms with E-state index < -0.39 is 4.92 Å². The Hall–Kier alpha value is -4.97. The number of nitro benzene ring substituents is 1. The summed E-state index contributed by atoms with van der Waals surface area (Å²) in [7, 11) is 0. The van der Waals surface area contributed by atoms with Crippen LogP contribution in [0.5, 0.6) is 0 Å². The van der Waals surface area contributed by atoms with Crippen molar-refractivity contribution in [3.63, 3.8) is 0 Å². The number of carbonyl (C=O) groups excluding carboxylic acids is 1. The monoisotopic (exact) mass is 507 g/mol. The highest BCUT2D eigenvalue weighted by Crippen LogP contribution is 2.39. The van der Waals surface area contributed by atoms with Gasteiger partial charge < -0.3 is 15.2 Å². The quantitative estimate of drug-likeness (QED) is 0.220. The van der Waals surface area contributed by atoms with Crippen molar-refractivity contribution in [1.82, 2.24) is 15.3 Å². The minimum atomic E-state index is -0.465. The Morgan fingerprint density at radius 3 is 2.76 bits per heavy atom. The number of benzene rings is 3. The molecule has 0 unspecified atom stereocenters. The van der Waals surface area contributed by atoms with E-state index >= 15 is 0 Å². The Morgan fingerprint density at radius 2 is 2.03 bits per heavy atom. The predicted octanol–water partition coefficient (Wildman–Crippen LogP) is 4.20. The number of hydrogen-bond donors (Lipinski definition) is 2. The number of nitrogens with zero attached hydrogens (tertiary/aromatic N) is 3. The van der Waals surface area contributed by atoms with Gasteiger partial charge in [-0.05, 0) is 72.9 Å². The molecule has 0 fully saturated rings. The number of anilines is 1. The average molecular weight is 508 g/mol. The zero-order valence-corrected chi connectivity index (χ0v) is 20.7. The topological polar surface area (TPSA) is 121 Å². The van der Waals surface area contributed by atoms with Crippen LogP contribution in [0.2, 0.25) is 0 Å². The molecule has 1 atom stereocenters. The maximum Gasteiger partial charge on any atom is 0.269 e. The third-order valence-corrected chi connectivity index (χ3v) is 6.80. The molecule has 1 amide bonds. The van der Waals surface area contributed by atoms with Crippen LogP contribution in [0.1, 0.15) is 45.3 Å². The van der Waals surface area contributed by atoms with Gasteiger partial charge in [0.1, 0.15) is 5.82 Å². The summed E-state index contributed by atoms with van der Waals surface area (Å²) in [6.07, 6.45) is 7.42. The molecular formula is C29H25N5O4. The fraction of sp³-hybridized carbons (Fsp3) is 0.207. The van der Waals surface area contributed by atoms with Gasteiger partial charge in [-0.15, -0.1) is 6.42 Å². The zero-order chi connectivity index (χ0) is 26.8. The smallest absolute Gasteiger partial charge is 0.269 e. The van der Waals surface area contributed by atoms with E-state index in [1.807, 2.05) is 24.3 Å². The molecule has 0 saturated carbocycles. The number of aromatic nitrogens is 2. The number of rotatable bonds is 7. The second-order valence-electron chi connectivity index (χ2n) is 9.26. The van der Waals surface area contributed by atoms with E-state index in [1.54, 1.807) is 31.2 Å². The van der Waals surface area contributed by atoms with Gasteiger partial charge in [-0.2, -0.15) is 0 Å². The minimum Gasteiger partial charge on any atom is -0.353 e. The molecule has 0 radical (unpaired) electrons. The normalized spacial score (nSPS) is 14.1. The summed E-state index contributed by atoms with van der Waals surface area (Å²) in [5, 5.41) is 14.3. The molecular weight excluding hydrogens is 482 g/mol. The highest BCUT2D eigenvalue weighted by molar-refractivity contribution is 5.94. The Balaban J connectivity index is 1.35. The van der Waals surface area contributed by atoms with Crippen LogP contribution in [0.3, 0.4) is 0 Å². The second kappa shape index (κ2) is 10.2. The van der Waals surface area contributed by atoms with Crippen molar-refractivity contribution in [3.8, 4) is 12.3 Å². The van der Waals surface area contributed by atoms with Crippen LogP contribution in [0.25, 0.3) is 10.9 Å². The lowest BCUT2D eigenvalue weighted by atomic mass is 10.0. The van der Waals surface area contributed by atoms with Crippen LogP contribution in [-0.4, -0.2) is 27.3 Å². The van der Waals surface area contributed by atoms with Gasteiger partial charge in [0, 0.05) is 29.9 Å². The summed E-state index contributed by atoms with van der Waals surface area (Å²) < 4.78 is 0. The van der Waals surface area contributed by atoms with Crippen LogP contribution in [0, 0.1) is 29.4 Å². The van der Waals surface area contributed by atoms with Gasteiger partial charge in [0.05, 0.1) is 28.4 Å². The minimum absolute atomic E-state index is 0.0142. The van der Waals surface area contributed by atoms with Crippen LogP contribution in [0.15, 0.2) is 65.5 Å². The molecule has 5 rings (SSSR count). The summed E-state index contributed by atoms with van der Waals surface area (Å²) >= 11 is 0. The van der Waals surface area contributed by atoms with Gasteiger partial charge in [0.2, 0.25) is 0 Å². The number of nitrogens with one attached hydrogen (secondary N) is 2. The molecule has 0 spiro atoms. The van der Waals surface area contributed by atoms with Crippen LogP contribution >= 0.6 is 0 Å². The number of nitro groups is 1. The van der Waals surface area contributed by atoms with Gasteiger partial charge in [-0.3, -0.25) is 19.7 Å². The lowest BCUT2D eigenvalue weighted by molar-refractivity contribution is -0.384. The van der Waals surface area contributed by atoms with E-state index in [4.69, 9.17) is 6.42 Å². The number of non-ortho nitro benzene ring substituents is 1. The Kier molecular flexibility index (Phi) is 6.62. The molecule has 0 saturated heterocycles. The van der Waals surface area contributed by atoms with Crippen molar-refractivity contribution in [3.05, 3.63) is 109 Å². The van der Waals surface area contributed by atoms with Gasteiger partial charge in [0.25, 0.3) is 17.2 Å². The molecule has 2 N–H and O–H groups in total. The maximum absolute atomic E-state index is 12.7. The highest BCUT2D eigenvalue weighted by atomic mass is 16.6. The van der Waals surface area contributed by atoms with Crippen molar-refractivity contribution >= 4 is 28.2 Å². The summed E-state index contributed by atoms with van der Waals surface area (Å²) in [5.41, 5.74) is 4.69. The molecule has 1 aliphatic carbocycles. The van der Waals surface area contributed by atoms with E-state index in [0.717, 1.165) is 29.7 Å². The molecule has 9 nitrogen and oxygen atoms in total. The second-order valence-corrected chi connectivity index (χ2v) is 9.26. The van der Waals surface area contributed by atoms with Crippen LogP contribution in [0.4, 0.5) is 11.4 Å². The van der Waals surface area contributed by atoms with Crippen molar-refractivity contribution in [2.24, 2.45) is 0 Å². The largest absolute Gasteiger partial charge is 0.353 e. The molecule has 190 valence electrons. The lowest BCUT2D eigenvalue weighted by Gasteiger charge is -2.30. The molecule has 0 bridgehead atoms. The number of aryl methyl sites for hydroxylation is 2. The van der Waals surface area contributed by atoms with Crippen LogP contribution < -0.4 is 15.8 Å². The Bertz CT molecular complexity index is 1650. The van der Waals surface area contributed by atoms with E-state index in [9.17, 15) is 19.7 Å². The SMILES string of the molecule is C#CCN(c1ccc(C(=O)NCc2cccc([N+](=O)[O-])c2)cc1)[C@@H]1CCc2cc3nc(C)[nH]c(=O)c3cc21. The number of terminal acetylenes is 1. The first-order valence-corrected chi connectivity index (χ1v) is 12.2. The number of carbonyl (C=O) groups is 1. The summed E-state index contributed by atoms with van der Waals surface area (Å²) in [4.78, 5) is 45.1. The maximum atomic E-state index is 12.7. The molecule has 0 aliphatic heterocycles. The summed E-state index contributed by atoms with van der Waals surface area (Å²) in [6, 6.07) is 17.2. The highest BCUT2D eigenvalue weighted by Gasteiger charge is 2.29. The fourth-order valence-corrected chi connectivity index (χ4v) is 5.01. The number of H-pyrrole nitrogens is 1. The van der Waals surface area contributed by atoms with E-state index in [-0.39, 0.29) is 29.7 Å². The van der Waals surface area contributed by atoms with Gasteiger partial charge in [-0.1, -0.05) is 18.1 Å². The fourth-order valence-electron chi connectivity index (χ4n) is 5.01. The molecule has 4 aromatic rings. The van der Waals surface area contributed by atoms with E-state index in [0.29, 0.717) is 34.4 Å². The molecule has 9 heteroatoms. The zero-order valence-electron chi connectivity index (χ0n) is 20.7. The average Bonchev–Trinajstić information content (AvgIpc) is 3.32. The van der Waals surface area contributed by atoms with E-state index in [1.165, 1.54) is 12.1 Å². The Morgan fingerprint density at radius 1 is 1.24 bits per heavy atom. The predicted molar refractivity (Wildman–Crippen MR) is 145 cm³/mol. The first kappa shape index (κ1) is 24.7. The van der Waals surface area contributed by atoms with Gasteiger partial charge in [0.15, 0.2) is 0 Å². The van der Waals surface area contributed by atoms with Crippen molar-refractivity contribution in [2.45, 2.75) is 32.4 Å². The first-order valence-electron chi connectivity index (χ1n) is 12.2. The number of aromatic amines is 1. The third kappa shape index (κ3) is 4.84. The van der Waals surface area contributed by atoms with Crippen molar-refractivity contribution < 1.29 is 9.72 Å². The number of hydrogen-bond acceptors (Lipinski definition) is 6. The standard InChI is InChI=1S/C29H25N5O4/c1-3-13-33(27-12-9-21-15-26-25(16-24(21)27)29(36)32-18(2)31-26)22-10-7-20(8-11-22)28(35)30-17-19-5-4-6-23(14-19)34(37)38/h1,4-8,10-11,14-16,27H,9,12-13,17H2,2H3,(H,30,35)(H,31,32,36)/t27-/m1/s1. The molecule has 3 aromatic carbocycles. The number of amides is 1. The molecule has 1 aromatic heterocycles. The molecule has 1 heterocycles. The summed E-state index contributed by atoms with van der Waals surface area (Å²) in [5.74, 6) is 3.03. The summed E-state index contributed by atoms with van der Waals surface area (Å²) in [6.45, 7) is 2.30. The van der Waals surface area contributed by atoms with Gasteiger partial charge >= 0.3 is 0 Å². The van der Waals surface area contributed by atoms with Gasteiger partial charge in [-0.25, -0.2) is 4.98 Å². The molecule has 1 aliphatic rings. The first-order chi connectivity index (χ1) is 18.3. The van der Waals surface area contributed by atoms with E-state index in [2.05, 4.69) is 26.1 Å². The number of fused-ring (bicyclic) bond motifs is 2. The van der Waals surface area contributed by atoms with Crippen molar-refractivity contribution in [2.75, 3.05) is 11.4 Å². The van der Waals surface area contributed by atoms with Crippen molar-refractivity contribution in [1.29, 1.82) is 0 Å². The lowest BCUT2D eigenvalue weighted by Crippen LogP contribution is -2.28. The molecule has 38 heavy (non-hydrogen) atoms.